The Morgan fingerprint density at radius 1 is 1.80 bits per heavy atom. The van der Waals surface area contributed by atoms with Crippen LogP contribution in [0.5, 0.6) is 0 Å². The van der Waals surface area contributed by atoms with Gasteiger partial charge < -0.3 is 11.1 Å². The maximum atomic E-state index is 10.2. The maximum Gasteiger partial charge on any atom is 0.231 e. The fourth-order valence-electron chi connectivity index (χ4n) is 0.447. The molecule has 0 aromatic heterocycles. The van der Waals surface area contributed by atoms with E-state index in [9.17, 15) is 4.79 Å². The first-order valence-corrected chi connectivity index (χ1v) is 3.95. The topological polar surface area (TPSA) is 81.1 Å². The van der Waals surface area contributed by atoms with E-state index >= 15 is 0 Å². The van der Waals surface area contributed by atoms with Crippen molar-refractivity contribution in [2.45, 2.75) is 12.2 Å². The molecule has 4 nitrogen and oxygen atoms in total. The van der Waals surface area contributed by atoms with Crippen LogP contribution in [0.3, 0.4) is 0 Å². The smallest absolute Gasteiger partial charge is 0.231 e. The van der Waals surface area contributed by atoms with Gasteiger partial charge in [-0.25, -0.2) is 0 Å². The zero-order valence-electron chi connectivity index (χ0n) is 5.96. The molecule has 0 aromatic carbocycles. The molecule has 0 saturated heterocycles. The molecule has 0 aliphatic rings. The van der Waals surface area contributed by atoms with Crippen LogP contribution >= 0.6 is 11.9 Å². The Kier molecular flexibility index (Phi) is 5.38. The second-order valence-electron chi connectivity index (χ2n) is 2.04. The third-order valence-corrected chi connectivity index (χ3v) is 1.59. The van der Waals surface area contributed by atoms with Crippen molar-refractivity contribution in [3.63, 3.8) is 0 Å². The molecular weight excluding hydrogens is 150 g/mol. The molecule has 0 aliphatic carbocycles. The van der Waals surface area contributed by atoms with E-state index in [0.29, 0.717) is 11.8 Å². The van der Waals surface area contributed by atoms with Crippen molar-refractivity contribution >= 4 is 17.9 Å². The monoisotopic (exact) mass is 163 g/mol. The van der Waals surface area contributed by atoms with Gasteiger partial charge in [-0.3, -0.25) is 9.93 Å². The number of carbonyl (C=O) groups is 1. The van der Waals surface area contributed by atoms with E-state index < -0.39 is 0 Å². The molecule has 0 spiro atoms. The second kappa shape index (κ2) is 5.52. The standard InChI is InChI=1S/C5H13N3OS/c1-4(10-7)2-8-3-5(6)9/h4,8H,2-3,7H2,1H3,(H2,6,9). The summed E-state index contributed by atoms with van der Waals surface area (Å²) in [6.45, 7) is 2.91. The molecule has 1 atom stereocenters. The van der Waals surface area contributed by atoms with E-state index in [0.717, 1.165) is 0 Å². The van der Waals surface area contributed by atoms with Gasteiger partial charge >= 0.3 is 0 Å². The Labute approximate surface area is 64.8 Å². The summed E-state index contributed by atoms with van der Waals surface area (Å²) in [7, 11) is 0. The summed E-state index contributed by atoms with van der Waals surface area (Å²) in [6.07, 6.45) is 0. The van der Waals surface area contributed by atoms with Crippen molar-refractivity contribution in [1.82, 2.24) is 5.32 Å². The number of hydrogen-bond acceptors (Lipinski definition) is 4. The minimum absolute atomic E-state index is 0.227. The first kappa shape index (κ1) is 9.74. The molecule has 0 bridgehead atoms. The number of amides is 1. The van der Waals surface area contributed by atoms with Crippen LogP contribution in [0.1, 0.15) is 6.92 Å². The Morgan fingerprint density at radius 2 is 2.40 bits per heavy atom. The van der Waals surface area contributed by atoms with E-state index in [1.165, 1.54) is 11.9 Å². The van der Waals surface area contributed by atoms with E-state index in [-0.39, 0.29) is 12.5 Å². The average Bonchev–Trinajstić information content (AvgIpc) is 1.87. The predicted octanol–water partition coefficient (Wildman–Crippen LogP) is -0.943. The Balaban J connectivity index is 3.11. The number of rotatable bonds is 5. The Hall–Kier alpha value is -0.260. The Bertz CT molecular complexity index is 109. The molecule has 5 N–H and O–H groups in total. The van der Waals surface area contributed by atoms with Gasteiger partial charge in [-0.05, 0) is 0 Å². The van der Waals surface area contributed by atoms with E-state index in [4.69, 9.17) is 10.9 Å². The maximum absolute atomic E-state index is 10.2. The van der Waals surface area contributed by atoms with Crippen molar-refractivity contribution in [2.75, 3.05) is 13.1 Å². The van der Waals surface area contributed by atoms with Gasteiger partial charge in [-0.2, -0.15) is 0 Å². The first-order valence-electron chi connectivity index (χ1n) is 3.01. The molecule has 0 aromatic rings. The molecule has 0 heterocycles. The first-order chi connectivity index (χ1) is 4.66. The molecule has 0 aliphatic heterocycles. The number of nitrogens with two attached hydrogens (primary N) is 2. The molecule has 0 rings (SSSR count). The van der Waals surface area contributed by atoms with Gasteiger partial charge in [0.15, 0.2) is 0 Å². The van der Waals surface area contributed by atoms with Crippen LogP contribution in [0.25, 0.3) is 0 Å². The van der Waals surface area contributed by atoms with Gasteiger partial charge in [0.1, 0.15) is 0 Å². The number of hydrogen-bond donors (Lipinski definition) is 3. The summed E-state index contributed by atoms with van der Waals surface area (Å²) in [5, 5.41) is 8.43. The van der Waals surface area contributed by atoms with Crippen molar-refractivity contribution in [1.29, 1.82) is 0 Å². The van der Waals surface area contributed by atoms with E-state index in [1.807, 2.05) is 6.92 Å². The molecule has 0 radical (unpaired) electrons. The molecular formula is C5H13N3OS. The van der Waals surface area contributed by atoms with Gasteiger partial charge in [-0.1, -0.05) is 18.9 Å². The van der Waals surface area contributed by atoms with Crippen LogP contribution in [0.2, 0.25) is 0 Å². The number of primary amides is 1. The fraction of sp³-hybridized carbons (Fsp3) is 0.800. The van der Waals surface area contributed by atoms with E-state index in [2.05, 4.69) is 5.32 Å². The summed E-state index contributed by atoms with van der Waals surface area (Å²) in [4.78, 5) is 10.2. The van der Waals surface area contributed by atoms with Gasteiger partial charge in [0.05, 0.1) is 6.54 Å². The van der Waals surface area contributed by atoms with Crippen molar-refractivity contribution < 1.29 is 4.79 Å². The van der Waals surface area contributed by atoms with Crippen molar-refractivity contribution in [3.8, 4) is 0 Å². The largest absolute Gasteiger partial charge is 0.369 e. The summed E-state index contributed by atoms with van der Waals surface area (Å²) >= 11 is 1.26. The highest BCUT2D eigenvalue weighted by Gasteiger charge is 1.98. The highest BCUT2D eigenvalue weighted by molar-refractivity contribution is 7.97. The minimum atomic E-state index is -0.339. The van der Waals surface area contributed by atoms with Crippen LogP contribution in [0.15, 0.2) is 0 Å². The van der Waals surface area contributed by atoms with Gasteiger partial charge in [0.2, 0.25) is 5.91 Å². The lowest BCUT2D eigenvalue weighted by Crippen LogP contribution is -2.32. The van der Waals surface area contributed by atoms with Crippen molar-refractivity contribution in [3.05, 3.63) is 0 Å². The average molecular weight is 163 g/mol. The van der Waals surface area contributed by atoms with Crippen LogP contribution in [-0.2, 0) is 4.79 Å². The third-order valence-electron chi connectivity index (χ3n) is 0.963. The minimum Gasteiger partial charge on any atom is -0.369 e. The second-order valence-corrected chi connectivity index (χ2v) is 3.12. The van der Waals surface area contributed by atoms with Crippen molar-refractivity contribution in [2.24, 2.45) is 10.9 Å². The third kappa shape index (κ3) is 5.87. The number of nitrogens with one attached hydrogen (secondary N) is 1. The Morgan fingerprint density at radius 3 is 2.80 bits per heavy atom. The quantitative estimate of drug-likeness (QED) is 0.457. The van der Waals surface area contributed by atoms with Gasteiger partial charge in [0, 0.05) is 11.8 Å². The van der Waals surface area contributed by atoms with E-state index in [1.54, 1.807) is 0 Å². The lowest BCUT2D eigenvalue weighted by Gasteiger charge is -2.06. The van der Waals surface area contributed by atoms with Gasteiger partial charge in [0.25, 0.3) is 0 Å². The normalized spacial score (nSPS) is 13.0. The molecule has 60 valence electrons. The molecule has 0 fully saturated rings. The summed E-state index contributed by atoms with van der Waals surface area (Å²) in [6, 6.07) is 0. The zero-order chi connectivity index (χ0) is 7.98. The molecule has 5 heteroatoms. The fourth-order valence-corrected chi connectivity index (χ4v) is 0.661. The van der Waals surface area contributed by atoms with Crippen LogP contribution in [0.4, 0.5) is 0 Å². The zero-order valence-corrected chi connectivity index (χ0v) is 6.78. The summed E-state index contributed by atoms with van der Waals surface area (Å²) in [5.41, 5.74) is 4.88. The summed E-state index contributed by atoms with van der Waals surface area (Å²) in [5.74, 6) is -0.339. The molecule has 0 saturated carbocycles. The van der Waals surface area contributed by atoms with Gasteiger partial charge in [-0.15, -0.1) is 0 Å². The van der Waals surface area contributed by atoms with Crippen LogP contribution in [0, 0.1) is 0 Å². The summed E-state index contributed by atoms with van der Waals surface area (Å²) < 4.78 is 0. The molecule has 1 unspecified atom stereocenters. The lowest BCUT2D eigenvalue weighted by atomic mass is 10.4. The highest BCUT2D eigenvalue weighted by atomic mass is 32.2. The molecule has 10 heavy (non-hydrogen) atoms. The lowest BCUT2D eigenvalue weighted by molar-refractivity contribution is -0.117. The SMILES string of the molecule is CC(CNCC(N)=O)SN. The highest BCUT2D eigenvalue weighted by Crippen LogP contribution is 1.97. The molecule has 1 amide bonds. The number of carbonyl (C=O) groups excluding carboxylic acids is 1. The predicted molar refractivity (Wildman–Crippen MR) is 43.3 cm³/mol. The van der Waals surface area contributed by atoms with Crippen LogP contribution < -0.4 is 16.2 Å². The van der Waals surface area contributed by atoms with Crippen LogP contribution in [-0.4, -0.2) is 24.2 Å².